The van der Waals surface area contributed by atoms with E-state index in [-0.39, 0.29) is 0 Å². The molecule has 0 aromatic heterocycles. The van der Waals surface area contributed by atoms with Crippen molar-refractivity contribution in [3.8, 4) is 0 Å². The van der Waals surface area contributed by atoms with Crippen LogP contribution in [0, 0.1) is 5.92 Å². The van der Waals surface area contributed by atoms with Gasteiger partial charge >= 0.3 is 0 Å². The zero-order chi connectivity index (χ0) is 12.0. The van der Waals surface area contributed by atoms with Crippen molar-refractivity contribution in [2.24, 2.45) is 11.7 Å². The molecule has 3 nitrogen and oxygen atoms in total. The Labute approximate surface area is 101 Å². The van der Waals surface area contributed by atoms with E-state index in [2.05, 4.69) is 30.8 Å². The minimum Gasteiger partial charge on any atom is -0.328 e. The van der Waals surface area contributed by atoms with Crippen LogP contribution >= 0.6 is 0 Å². The van der Waals surface area contributed by atoms with E-state index in [4.69, 9.17) is 5.73 Å². The van der Waals surface area contributed by atoms with E-state index in [0.717, 1.165) is 18.9 Å². The van der Waals surface area contributed by atoms with Gasteiger partial charge in [0.15, 0.2) is 0 Å². The second-order valence-corrected chi connectivity index (χ2v) is 5.63. The van der Waals surface area contributed by atoms with E-state index < -0.39 is 0 Å². The van der Waals surface area contributed by atoms with E-state index in [9.17, 15) is 0 Å². The fraction of sp³-hybridized carbons (Fsp3) is 1.00. The fourth-order valence-corrected chi connectivity index (χ4v) is 2.45. The van der Waals surface area contributed by atoms with Crippen LogP contribution in [-0.4, -0.2) is 56.1 Å². The van der Waals surface area contributed by atoms with E-state index in [1.165, 1.54) is 38.9 Å². The van der Waals surface area contributed by atoms with Crippen LogP contribution in [0.4, 0.5) is 0 Å². The lowest BCUT2D eigenvalue weighted by molar-refractivity contribution is 0.185. The molecule has 2 N–H and O–H groups in total. The van der Waals surface area contributed by atoms with Gasteiger partial charge in [0.05, 0.1) is 0 Å². The topological polar surface area (TPSA) is 32.5 Å². The van der Waals surface area contributed by atoms with Crippen LogP contribution in [-0.2, 0) is 0 Å². The second kappa shape index (κ2) is 7.25. The molecule has 1 saturated heterocycles. The van der Waals surface area contributed by atoms with Gasteiger partial charge < -0.3 is 15.5 Å². The number of likely N-dealkylation sites (tertiary alicyclic amines) is 1. The summed E-state index contributed by atoms with van der Waals surface area (Å²) in [6.07, 6.45) is 5.26. The first-order chi connectivity index (χ1) is 7.58. The standard InChI is InChI=1S/C13H29N3/c1-12(14)6-9-15(2)10-7-13-5-4-8-16(3)11-13/h12-13H,4-11,14H2,1-3H3. The monoisotopic (exact) mass is 227 g/mol. The number of rotatable bonds is 6. The molecule has 1 aliphatic heterocycles. The third kappa shape index (κ3) is 5.83. The molecular formula is C13H29N3. The van der Waals surface area contributed by atoms with Crippen molar-refractivity contribution < 1.29 is 0 Å². The molecule has 3 heteroatoms. The minimum absolute atomic E-state index is 0.336. The summed E-state index contributed by atoms with van der Waals surface area (Å²) >= 11 is 0. The first-order valence-corrected chi connectivity index (χ1v) is 6.70. The third-order valence-corrected chi connectivity index (χ3v) is 3.61. The Hall–Kier alpha value is -0.120. The molecule has 2 atom stereocenters. The van der Waals surface area contributed by atoms with Crippen molar-refractivity contribution in [3.63, 3.8) is 0 Å². The molecular weight excluding hydrogens is 198 g/mol. The molecule has 0 aromatic carbocycles. The van der Waals surface area contributed by atoms with Gasteiger partial charge in [-0.1, -0.05) is 0 Å². The van der Waals surface area contributed by atoms with Crippen molar-refractivity contribution in [3.05, 3.63) is 0 Å². The lowest BCUT2D eigenvalue weighted by Gasteiger charge is -2.30. The maximum absolute atomic E-state index is 5.76. The van der Waals surface area contributed by atoms with Gasteiger partial charge in [-0.05, 0) is 72.3 Å². The Morgan fingerprint density at radius 2 is 2.19 bits per heavy atom. The summed E-state index contributed by atoms with van der Waals surface area (Å²) in [7, 11) is 4.46. The molecule has 96 valence electrons. The van der Waals surface area contributed by atoms with Gasteiger partial charge in [-0.15, -0.1) is 0 Å². The first kappa shape index (κ1) is 13.9. The number of hydrogen-bond donors (Lipinski definition) is 1. The van der Waals surface area contributed by atoms with Gasteiger partial charge in [0.2, 0.25) is 0 Å². The summed E-state index contributed by atoms with van der Waals surface area (Å²) in [6, 6.07) is 0.336. The van der Waals surface area contributed by atoms with E-state index in [0.29, 0.717) is 6.04 Å². The molecule has 1 rings (SSSR count). The maximum Gasteiger partial charge on any atom is 0.00226 e. The van der Waals surface area contributed by atoms with Crippen LogP contribution in [0.2, 0.25) is 0 Å². The number of hydrogen-bond acceptors (Lipinski definition) is 3. The Morgan fingerprint density at radius 1 is 1.44 bits per heavy atom. The molecule has 0 aromatic rings. The Morgan fingerprint density at radius 3 is 2.81 bits per heavy atom. The normalized spacial score (nSPS) is 24.9. The quantitative estimate of drug-likeness (QED) is 0.744. The molecule has 0 aliphatic carbocycles. The summed E-state index contributed by atoms with van der Waals surface area (Å²) < 4.78 is 0. The first-order valence-electron chi connectivity index (χ1n) is 6.70. The smallest absolute Gasteiger partial charge is 0.00226 e. The highest BCUT2D eigenvalue weighted by Crippen LogP contribution is 2.18. The van der Waals surface area contributed by atoms with Crippen molar-refractivity contribution in [1.29, 1.82) is 0 Å². The van der Waals surface area contributed by atoms with Crippen LogP contribution in [0.3, 0.4) is 0 Å². The van der Waals surface area contributed by atoms with Crippen molar-refractivity contribution >= 4 is 0 Å². The highest BCUT2D eigenvalue weighted by atomic mass is 15.1. The van der Waals surface area contributed by atoms with Crippen molar-refractivity contribution in [2.75, 3.05) is 40.3 Å². The predicted molar refractivity (Wildman–Crippen MR) is 70.6 cm³/mol. The average Bonchev–Trinajstić information content (AvgIpc) is 2.23. The zero-order valence-electron chi connectivity index (χ0n) is 11.3. The summed E-state index contributed by atoms with van der Waals surface area (Å²) in [5, 5.41) is 0. The van der Waals surface area contributed by atoms with Gasteiger partial charge in [-0.25, -0.2) is 0 Å². The second-order valence-electron chi connectivity index (χ2n) is 5.63. The largest absolute Gasteiger partial charge is 0.328 e. The highest BCUT2D eigenvalue weighted by molar-refractivity contribution is 4.71. The summed E-state index contributed by atoms with van der Waals surface area (Å²) in [5.41, 5.74) is 5.76. The van der Waals surface area contributed by atoms with Crippen LogP contribution in [0.25, 0.3) is 0 Å². The Bertz CT molecular complexity index is 182. The predicted octanol–water partition coefficient (Wildman–Crippen LogP) is 1.39. The molecule has 0 bridgehead atoms. The lowest BCUT2D eigenvalue weighted by atomic mass is 9.95. The lowest BCUT2D eigenvalue weighted by Crippen LogP contribution is -2.34. The zero-order valence-corrected chi connectivity index (χ0v) is 11.3. The van der Waals surface area contributed by atoms with Crippen LogP contribution in [0.15, 0.2) is 0 Å². The van der Waals surface area contributed by atoms with Crippen LogP contribution < -0.4 is 5.73 Å². The summed E-state index contributed by atoms with van der Waals surface area (Å²) in [4.78, 5) is 4.90. The molecule has 1 fully saturated rings. The van der Waals surface area contributed by atoms with Crippen molar-refractivity contribution in [2.45, 2.75) is 38.6 Å². The van der Waals surface area contributed by atoms with E-state index in [1.54, 1.807) is 0 Å². The van der Waals surface area contributed by atoms with Gasteiger partial charge in [0.1, 0.15) is 0 Å². The molecule has 0 amide bonds. The Balaban J connectivity index is 2.08. The van der Waals surface area contributed by atoms with E-state index >= 15 is 0 Å². The number of nitrogens with two attached hydrogens (primary N) is 1. The molecule has 16 heavy (non-hydrogen) atoms. The average molecular weight is 227 g/mol. The highest BCUT2D eigenvalue weighted by Gasteiger charge is 2.17. The van der Waals surface area contributed by atoms with Gasteiger partial charge in [0.25, 0.3) is 0 Å². The number of nitrogens with zero attached hydrogens (tertiary/aromatic N) is 2. The summed E-state index contributed by atoms with van der Waals surface area (Å²) in [5.74, 6) is 0.913. The molecule has 1 heterocycles. The van der Waals surface area contributed by atoms with Gasteiger partial charge in [0, 0.05) is 12.6 Å². The molecule has 0 saturated carbocycles. The molecule has 0 spiro atoms. The summed E-state index contributed by atoms with van der Waals surface area (Å²) in [6.45, 7) is 7.04. The molecule has 2 unspecified atom stereocenters. The fourth-order valence-electron chi connectivity index (χ4n) is 2.45. The molecule has 1 aliphatic rings. The SMILES string of the molecule is CC(N)CCN(C)CCC1CCCN(C)C1. The third-order valence-electron chi connectivity index (χ3n) is 3.61. The maximum atomic E-state index is 5.76. The van der Waals surface area contributed by atoms with E-state index in [1.807, 2.05) is 0 Å². The van der Waals surface area contributed by atoms with Crippen LogP contribution in [0.1, 0.15) is 32.6 Å². The van der Waals surface area contributed by atoms with Gasteiger partial charge in [-0.2, -0.15) is 0 Å². The Kier molecular flexibility index (Phi) is 6.32. The minimum atomic E-state index is 0.336. The number of piperidine rings is 1. The van der Waals surface area contributed by atoms with Crippen molar-refractivity contribution in [1.82, 2.24) is 9.80 Å². The van der Waals surface area contributed by atoms with Gasteiger partial charge in [-0.3, -0.25) is 0 Å². The van der Waals surface area contributed by atoms with Crippen LogP contribution in [0.5, 0.6) is 0 Å². The molecule has 0 radical (unpaired) electrons.